The molecule has 2 N–H and O–H groups in total. The maximum Gasteiger partial charge on any atom is 0.308 e. The number of benzene rings is 2. The summed E-state index contributed by atoms with van der Waals surface area (Å²) in [6.45, 7) is 5.72. The van der Waals surface area contributed by atoms with Gasteiger partial charge >= 0.3 is 5.97 Å². The predicted molar refractivity (Wildman–Crippen MR) is 123 cm³/mol. The van der Waals surface area contributed by atoms with Crippen LogP contribution in [-0.2, 0) is 22.4 Å². The second-order valence-corrected chi connectivity index (χ2v) is 9.63. The normalized spacial score (nSPS) is 22.0. The summed E-state index contributed by atoms with van der Waals surface area (Å²) < 4.78 is 17.6. The lowest BCUT2D eigenvalue weighted by Crippen LogP contribution is -2.42. The highest BCUT2D eigenvalue weighted by Crippen LogP contribution is 2.37. The molecule has 2 aliphatic rings. The zero-order chi connectivity index (χ0) is 22.9. The minimum Gasteiger partial charge on any atom is -0.489 e. The zero-order valence-electron chi connectivity index (χ0n) is 18.3. The van der Waals surface area contributed by atoms with Gasteiger partial charge in [-0.05, 0) is 74.1 Å². The summed E-state index contributed by atoms with van der Waals surface area (Å²) in [6.07, 6.45) is 2.17. The minimum atomic E-state index is -0.469. The number of aliphatic imine (C=N–C) groups is 1. The van der Waals surface area contributed by atoms with E-state index in [0.717, 1.165) is 41.0 Å². The van der Waals surface area contributed by atoms with Gasteiger partial charge in [0.15, 0.2) is 5.17 Å². The van der Waals surface area contributed by atoms with Gasteiger partial charge in [0.25, 0.3) is 5.91 Å². The van der Waals surface area contributed by atoms with Crippen LogP contribution in [0.25, 0.3) is 0 Å². The maximum absolute atomic E-state index is 11.8. The third-order valence-electron chi connectivity index (χ3n) is 5.54. The first kappa shape index (κ1) is 22.2. The van der Waals surface area contributed by atoms with E-state index in [1.807, 2.05) is 50.2 Å². The molecule has 32 heavy (non-hydrogen) atoms. The average molecular weight is 455 g/mol. The molecule has 0 saturated heterocycles. The Kier molecular flexibility index (Phi) is 6.15. The number of carbonyl (C=O) groups is 2. The number of hydrogen-bond donors (Lipinski definition) is 1. The Labute approximate surface area is 191 Å². The van der Waals surface area contributed by atoms with Crippen LogP contribution in [0.1, 0.15) is 37.0 Å². The molecule has 0 fully saturated rings. The molecule has 2 heterocycles. The molecular formula is C24H26N2O5S. The van der Waals surface area contributed by atoms with Crippen LogP contribution < -0.4 is 19.9 Å². The molecule has 0 bridgehead atoms. The van der Waals surface area contributed by atoms with Crippen LogP contribution in [0.3, 0.4) is 0 Å². The molecule has 2 aromatic carbocycles. The number of esters is 1. The summed E-state index contributed by atoms with van der Waals surface area (Å²) in [5, 5.41) is 0.0845. The van der Waals surface area contributed by atoms with Gasteiger partial charge in [0, 0.05) is 6.92 Å². The number of rotatable bonds is 6. The molecule has 168 valence electrons. The Morgan fingerprint density at radius 1 is 1.31 bits per heavy atom. The van der Waals surface area contributed by atoms with Crippen molar-refractivity contribution in [1.29, 1.82) is 0 Å². The van der Waals surface area contributed by atoms with E-state index < -0.39 is 5.60 Å². The van der Waals surface area contributed by atoms with E-state index >= 15 is 0 Å². The van der Waals surface area contributed by atoms with Crippen molar-refractivity contribution in [2.75, 3.05) is 6.61 Å². The molecular weight excluding hydrogens is 428 g/mol. The summed E-state index contributed by atoms with van der Waals surface area (Å²) >= 11 is 1.31. The van der Waals surface area contributed by atoms with Gasteiger partial charge in [-0.1, -0.05) is 23.9 Å². The number of amides is 1. The van der Waals surface area contributed by atoms with Crippen molar-refractivity contribution in [3.8, 4) is 17.2 Å². The Balaban J connectivity index is 1.35. The lowest BCUT2D eigenvalue weighted by molar-refractivity contribution is -0.132. The van der Waals surface area contributed by atoms with E-state index in [4.69, 9.17) is 19.9 Å². The van der Waals surface area contributed by atoms with Gasteiger partial charge in [-0.2, -0.15) is 4.99 Å². The molecule has 4 rings (SSSR count). The fourth-order valence-corrected chi connectivity index (χ4v) is 4.64. The van der Waals surface area contributed by atoms with Crippen LogP contribution in [-0.4, -0.2) is 34.5 Å². The first-order chi connectivity index (χ1) is 15.2. The number of hydrogen-bond acceptors (Lipinski definition) is 7. The second-order valence-electron chi connectivity index (χ2n) is 8.40. The van der Waals surface area contributed by atoms with Gasteiger partial charge in [-0.25, -0.2) is 0 Å². The quantitative estimate of drug-likeness (QED) is 0.526. The molecule has 0 spiro atoms. The zero-order valence-corrected chi connectivity index (χ0v) is 19.2. The van der Waals surface area contributed by atoms with Crippen molar-refractivity contribution in [2.24, 2.45) is 10.7 Å². The number of amidine groups is 1. The first-order valence-corrected chi connectivity index (χ1v) is 11.4. The monoisotopic (exact) mass is 454 g/mol. The lowest BCUT2D eigenvalue weighted by Gasteiger charge is -2.36. The smallest absolute Gasteiger partial charge is 0.308 e. The number of fused-ring (bicyclic) bond motifs is 1. The Morgan fingerprint density at radius 3 is 2.72 bits per heavy atom. The fraction of sp³-hybridized carbons (Fsp3) is 0.375. The predicted octanol–water partition coefficient (Wildman–Crippen LogP) is 3.58. The molecule has 2 aliphatic heterocycles. The van der Waals surface area contributed by atoms with Gasteiger partial charge in [-0.15, -0.1) is 0 Å². The van der Waals surface area contributed by atoms with Crippen molar-refractivity contribution in [3.05, 3.63) is 53.1 Å². The van der Waals surface area contributed by atoms with Crippen LogP contribution in [0.5, 0.6) is 17.2 Å². The highest BCUT2D eigenvalue weighted by Gasteiger charge is 2.33. The minimum absolute atomic E-state index is 0.175. The van der Waals surface area contributed by atoms with E-state index in [-0.39, 0.29) is 17.1 Å². The van der Waals surface area contributed by atoms with E-state index in [9.17, 15) is 9.59 Å². The molecule has 2 unspecified atom stereocenters. The molecule has 0 aromatic heterocycles. The lowest BCUT2D eigenvalue weighted by atomic mass is 9.92. The highest BCUT2D eigenvalue weighted by molar-refractivity contribution is 8.15. The molecule has 0 aliphatic carbocycles. The maximum atomic E-state index is 11.8. The molecule has 0 saturated carbocycles. The first-order valence-electron chi connectivity index (χ1n) is 10.5. The van der Waals surface area contributed by atoms with Crippen molar-refractivity contribution in [1.82, 2.24) is 0 Å². The molecule has 1 amide bonds. The molecule has 7 nitrogen and oxygen atoms in total. The standard InChI is InChI=1S/C24H26N2O5S/c1-14-10-20-17(12-19(14)30-15(2)27)8-9-24(3,31-20)13-29-18-6-4-16(5-7-18)11-21-22(28)26-23(25)32-21/h4-7,10,12,21H,8-9,11,13H2,1-3H3,(H2,25,26,28). The topological polar surface area (TPSA) is 100 Å². The number of aryl methyl sites for hydroxylation is 2. The Hall–Kier alpha value is -3.00. The molecule has 2 aromatic rings. The third kappa shape index (κ3) is 5.07. The Bertz CT molecular complexity index is 1080. The van der Waals surface area contributed by atoms with Gasteiger partial charge in [0.1, 0.15) is 29.5 Å². The van der Waals surface area contributed by atoms with E-state index in [1.54, 1.807) is 0 Å². The molecule has 0 radical (unpaired) electrons. The van der Waals surface area contributed by atoms with Crippen LogP contribution in [0.15, 0.2) is 41.4 Å². The number of ether oxygens (including phenoxy) is 3. The largest absolute Gasteiger partial charge is 0.489 e. The van der Waals surface area contributed by atoms with Crippen LogP contribution in [0.2, 0.25) is 0 Å². The number of thioether (sulfide) groups is 1. The van der Waals surface area contributed by atoms with E-state index in [0.29, 0.717) is 23.9 Å². The fourth-order valence-electron chi connectivity index (χ4n) is 3.78. The van der Waals surface area contributed by atoms with Gasteiger partial charge in [0.2, 0.25) is 0 Å². The van der Waals surface area contributed by atoms with Crippen molar-refractivity contribution < 1.29 is 23.8 Å². The SMILES string of the molecule is CC(=O)Oc1cc2c(cc1C)OC(C)(COc1ccc(CC3SC(N)=NC3=O)cc1)CC2. The summed E-state index contributed by atoms with van der Waals surface area (Å²) in [4.78, 5) is 26.9. The molecule has 2 atom stereocenters. The van der Waals surface area contributed by atoms with Crippen molar-refractivity contribution >= 4 is 28.8 Å². The van der Waals surface area contributed by atoms with E-state index in [2.05, 4.69) is 4.99 Å². The van der Waals surface area contributed by atoms with Gasteiger partial charge < -0.3 is 19.9 Å². The summed E-state index contributed by atoms with van der Waals surface area (Å²) in [7, 11) is 0. The number of nitrogens with zero attached hydrogens (tertiary/aromatic N) is 1. The third-order valence-corrected chi connectivity index (χ3v) is 6.52. The van der Waals surface area contributed by atoms with Crippen LogP contribution in [0.4, 0.5) is 0 Å². The number of nitrogens with two attached hydrogens (primary N) is 1. The Morgan fingerprint density at radius 2 is 2.06 bits per heavy atom. The average Bonchev–Trinajstić information content (AvgIpc) is 3.05. The van der Waals surface area contributed by atoms with Crippen molar-refractivity contribution in [2.45, 2.75) is 50.9 Å². The summed E-state index contributed by atoms with van der Waals surface area (Å²) in [5.41, 5.74) is 8.06. The van der Waals surface area contributed by atoms with Crippen LogP contribution >= 0.6 is 11.8 Å². The summed E-state index contributed by atoms with van der Waals surface area (Å²) in [6, 6.07) is 11.5. The van der Waals surface area contributed by atoms with Gasteiger partial charge in [-0.3, -0.25) is 9.59 Å². The van der Waals surface area contributed by atoms with Crippen molar-refractivity contribution in [3.63, 3.8) is 0 Å². The highest BCUT2D eigenvalue weighted by atomic mass is 32.2. The number of carbonyl (C=O) groups excluding carboxylic acids is 2. The van der Waals surface area contributed by atoms with E-state index in [1.165, 1.54) is 18.7 Å². The molecule has 8 heteroatoms. The second kappa shape index (κ2) is 8.86. The summed E-state index contributed by atoms with van der Waals surface area (Å²) in [5.74, 6) is 1.61. The van der Waals surface area contributed by atoms with Crippen LogP contribution in [0, 0.1) is 6.92 Å². The van der Waals surface area contributed by atoms with Gasteiger partial charge in [0.05, 0.1) is 5.25 Å².